The van der Waals surface area contributed by atoms with E-state index >= 15 is 0 Å². The third kappa shape index (κ3) is 3.52. The standard InChI is InChI=1S/C20H28FN3O2/c1-22-19(24-9-7-20(13-24)5-2-3-6-20)23-8-4-15-10-17(21)11-16-12-25-14-26-18(15)16/h10-11H,2-9,12-14H2,1H3,(H,22,23). The van der Waals surface area contributed by atoms with Crippen molar-refractivity contribution in [3.63, 3.8) is 0 Å². The molecule has 26 heavy (non-hydrogen) atoms. The maximum Gasteiger partial charge on any atom is 0.193 e. The number of benzene rings is 1. The number of nitrogens with zero attached hydrogens (tertiary/aromatic N) is 2. The summed E-state index contributed by atoms with van der Waals surface area (Å²) in [5.74, 6) is 1.50. The van der Waals surface area contributed by atoms with Crippen LogP contribution in [0.15, 0.2) is 17.1 Å². The number of likely N-dealkylation sites (tertiary alicyclic amines) is 1. The van der Waals surface area contributed by atoms with E-state index in [1.807, 2.05) is 7.05 Å². The number of fused-ring (bicyclic) bond motifs is 1. The van der Waals surface area contributed by atoms with Crippen molar-refractivity contribution in [2.75, 3.05) is 33.5 Å². The Morgan fingerprint density at radius 2 is 2.15 bits per heavy atom. The molecule has 1 aromatic carbocycles. The Labute approximate surface area is 154 Å². The number of ether oxygens (including phenoxy) is 2. The van der Waals surface area contributed by atoms with Gasteiger partial charge in [-0.05, 0) is 48.8 Å². The lowest BCUT2D eigenvalue weighted by Crippen LogP contribution is -2.41. The molecular weight excluding hydrogens is 333 g/mol. The van der Waals surface area contributed by atoms with Crippen LogP contribution in [0.3, 0.4) is 0 Å². The molecule has 2 fully saturated rings. The molecule has 142 valence electrons. The fourth-order valence-corrected chi connectivity index (χ4v) is 4.73. The zero-order chi connectivity index (χ0) is 18.0. The van der Waals surface area contributed by atoms with Gasteiger partial charge in [-0.15, -0.1) is 0 Å². The molecule has 3 aliphatic rings. The molecule has 1 saturated carbocycles. The highest BCUT2D eigenvalue weighted by molar-refractivity contribution is 5.80. The van der Waals surface area contributed by atoms with Crippen LogP contribution in [0.4, 0.5) is 4.39 Å². The summed E-state index contributed by atoms with van der Waals surface area (Å²) in [6, 6.07) is 3.06. The Morgan fingerprint density at radius 3 is 2.96 bits per heavy atom. The van der Waals surface area contributed by atoms with Crippen molar-refractivity contribution in [1.82, 2.24) is 10.2 Å². The van der Waals surface area contributed by atoms with Gasteiger partial charge in [0, 0.05) is 32.2 Å². The average molecular weight is 361 g/mol. The quantitative estimate of drug-likeness (QED) is 0.664. The Kier molecular flexibility index (Phi) is 5.02. The van der Waals surface area contributed by atoms with Crippen LogP contribution in [0.5, 0.6) is 5.75 Å². The lowest BCUT2D eigenvalue weighted by Gasteiger charge is -2.26. The lowest BCUT2D eigenvalue weighted by atomic mass is 9.86. The minimum absolute atomic E-state index is 0.233. The maximum absolute atomic E-state index is 13.9. The highest BCUT2D eigenvalue weighted by atomic mass is 19.1. The molecule has 0 bridgehead atoms. The minimum atomic E-state index is -0.236. The lowest BCUT2D eigenvalue weighted by molar-refractivity contribution is -0.0172. The van der Waals surface area contributed by atoms with Crippen molar-refractivity contribution < 1.29 is 13.9 Å². The topological polar surface area (TPSA) is 46.1 Å². The van der Waals surface area contributed by atoms with E-state index in [1.165, 1.54) is 38.2 Å². The number of halogens is 1. The Morgan fingerprint density at radius 1 is 1.31 bits per heavy atom. The summed E-state index contributed by atoms with van der Waals surface area (Å²) in [5.41, 5.74) is 2.20. The van der Waals surface area contributed by atoms with Gasteiger partial charge in [-0.2, -0.15) is 0 Å². The van der Waals surface area contributed by atoms with E-state index in [4.69, 9.17) is 9.47 Å². The molecule has 0 atom stereocenters. The maximum atomic E-state index is 13.9. The monoisotopic (exact) mass is 361 g/mol. The molecule has 2 aliphatic heterocycles. The molecule has 6 heteroatoms. The molecule has 1 spiro atoms. The van der Waals surface area contributed by atoms with Gasteiger partial charge in [-0.25, -0.2) is 4.39 Å². The van der Waals surface area contributed by atoms with Crippen molar-refractivity contribution in [3.05, 3.63) is 29.1 Å². The van der Waals surface area contributed by atoms with Gasteiger partial charge >= 0.3 is 0 Å². The molecule has 0 aromatic heterocycles. The zero-order valence-electron chi connectivity index (χ0n) is 15.5. The summed E-state index contributed by atoms with van der Waals surface area (Å²) in [6.07, 6.45) is 7.42. The first-order chi connectivity index (χ1) is 12.7. The van der Waals surface area contributed by atoms with E-state index in [0.29, 0.717) is 25.0 Å². The molecule has 4 rings (SSSR count). The van der Waals surface area contributed by atoms with Crippen molar-refractivity contribution in [1.29, 1.82) is 0 Å². The van der Waals surface area contributed by atoms with Crippen molar-refractivity contribution in [3.8, 4) is 5.75 Å². The normalized spacial score (nSPS) is 21.8. The minimum Gasteiger partial charge on any atom is -0.467 e. The van der Waals surface area contributed by atoms with Crippen LogP contribution in [0.25, 0.3) is 0 Å². The predicted molar refractivity (Wildman–Crippen MR) is 98.8 cm³/mol. The highest BCUT2D eigenvalue weighted by Crippen LogP contribution is 2.45. The third-order valence-corrected chi connectivity index (χ3v) is 6.04. The molecular formula is C20H28FN3O2. The van der Waals surface area contributed by atoms with Crippen LogP contribution in [-0.4, -0.2) is 44.3 Å². The van der Waals surface area contributed by atoms with Crippen LogP contribution in [0.2, 0.25) is 0 Å². The van der Waals surface area contributed by atoms with Crippen molar-refractivity contribution >= 4 is 5.96 Å². The number of rotatable bonds is 3. The molecule has 2 heterocycles. The first kappa shape index (κ1) is 17.6. The summed E-state index contributed by atoms with van der Waals surface area (Å²) in [6.45, 7) is 3.54. The molecule has 5 nitrogen and oxygen atoms in total. The van der Waals surface area contributed by atoms with E-state index in [-0.39, 0.29) is 12.6 Å². The van der Waals surface area contributed by atoms with Crippen molar-refractivity contribution in [2.45, 2.75) is 45.1 Å². The summed E-state index contributed by atoms with van der Waals surface area (Å²) in [4.78, 5) is 6.85. The number of guanidine groups is 1. The van der Waals surface area contributed by atoms with Gasteiger partial charge in [0.15, 0.2) is 12.8 Å². The fraction of sp³-hybridized carbons (Fsp3) is 0.650. The molecule has 0 amide bonds. The average Bonchev–Trinajstić information content (AvgIpc) is 3.28. The number of hydrogen-bond donors (Lipinski definition) is 1. The first-order valence-electron chi connectivity index (χ1n) is 9.67. The Balaban J connectivity index is 1.36. The first-order valence-corrected chi connectivity index (χ1v) is 9.67. The summed E-state index contributed by atoms with van der Waals surface area (Å²) in [5, 5.41) is 3.46. The van der Waals surface area contributed by atoms with Gasteiger partial charge in [0.2, 0.25) is 0 Å². The van der Waals surface area contributed by atoms with Gasteiger partial charge in [-0.1, -0.05) is 12.8 Å². The summed E-state index contributed by atoms with van der Waals surface area (Å²) < 4.78 is 24.7. The molecule has 1 aromatic rings. The van der Waals surface area contributed by atoms with Crippen LogP contribution in [0, 0.1) is 11.2 Å². The smallest absolute Gasteiger partial charge is 0.193 e. The van der Waals surface area contributed by atoms with Crippen LogP contribution >= 0.6 is 0 Å². The predicted octanol–water partition coefficient (Wildman–Crippen LogP) is 3.08. The molecule has 1 N–H and O–H groups in total. The highest BCUT2D eigenvalue weighted by Gasteiger charge is 2.41. The fourth-order valence-electron chi connectivity index (χ4n) is 4.73. The molecule has 0 unspecified atom stereocenters. The van der Waals surface area contributed by atoms with E-state index in [2.05, 4.69) is 15.2 Å². The van der Waals surface area contributed by atoms with E-state index < -0.39 is 0 Å². The number of nitrogens with one attached hydrogen (secondary N) is 1. The van der Waals surface area contributed by atoms with Crippen LogP contribution in [0.1, 0.15) is 43.2 Å². The Hall–Kier alpha value is -1.82. The zero-order valence-corrected chi connectivity index (χ0v) is 15.5. The van der Waals surface area contributed by atoms with Crippen LogP contribution in [-0.2, 0) is 17.8 Å². The van der Waals surface area contributed by atoms with Crippen molar-refractivity contribution in [2.24, 2.45) is 10.4 Å². The second-order valence-corrected chi connectivity index (χ2v) is 7.77. The summed E-state index contributed by atoms with van der Waals surface area (Å²) in [7, 11) is 1.84. The molecule has 1 saturated heterocycles. The molecule has 1 aliphatic carbocycles. The van der Waals surface area contributed by atoms with E-state index in [0.717, 1.165) is 35.9 Å². The van der Waals surface area contributed by atoms with Gasteiger partial charge in [0.1, 0.15) is 11.6 Å². The second-order valence-electron chi connectivity index (χ2n) is 7.77. The SMILES string of the molecule is CN=C(NCCc1cc(F)cc2c1OCOC2)N1CCC2(CCCC2)C1. The largest absolute Gasteiger partial charge is 0.467 e. The van der Waals surface area contributed by atoms with Gasteiger partial charge < -0.3 is 19.7 Å². The second kappa shape index (κ2) is 7.43. The number of hydrogen-bond acceptors (Lipinski definition) is 3. The van der Waals surface area contributed by atoms with E-state index in [1.54, 1.807) is 6.07 Å². The van der Waals surface area contributed by atoms with Gasteiger partial charge in [0.25, 0.3) is 0 Å². The van der Waals surface area contributed by atoms with E-state index in [9.17, 15) is 4.39 Å². The summed E-state index contributed by atoms with van der Waals surface area (Å²) >= 11 is 0. The Bertz CT molecular complexity index is 686. The number of aliphatic imine (C=N–C) groups is 1. The molecule has 0 radical (unpaired) electrons. The van der Waals surface area contributed by atoms with Gasteiger partial charge in [-0.3, -0.25) is 4.99 Å². The van der Waals surface area contributed by atoms with Crippen LogP contribution < -0.4 is 10.1 Å². The third-order valence-electron chi connectivity index (χ3n) is 6.04. The van der Waals surface area contributed by atoms with Gasteiger partial charge in [0.05, 0.1) is 6.61 Å².